The standard InChI is InChI=1S/C19H22N2O6/c1-23-14-7-5-13(6-8-14)19(22)27-21-17(20)11-12-9-15(24-2)18(26-4)16(10-12)25-3/h5-10H,11H2,1-4H3,(H2,20,21). The topological polar surface area (TPSA) is 102 Å². The number of ether oxygens (including phenoxy) is 4. The molecule has 0 saturated carbocycles. The Morgan fingerprint density at radius 2 is 1.52 bits per heavy atom. The van der Waals surface area contributed by atoms with Crippen molar-refractivity contribution in [3.05, 3.63) is 47.5 Å². The summed E-state index contributed by atoms with van der Waals surface area (Å²) in [7, 11) is 6.11. The van der Waals surface area contributed by atoms with Gasteiger partial charge < -0.3 is 29.5 Å². The van der Waals surface area contributed by atoms with E-state index in [2.05, 4.69) is 5.16 Å². The number of amidine groups is 1. The molecule has 0 aromatic heterocycles. The Morgan fingerprint density at radius 3 is 2.00 bits per heavy atom. The zero-order valence-electron chi connectivity index (χ0n) is 15.6. The van der Waals surface area contributed by atoms with Gasteiger partial charge in [-0.15, -0.1) is 0 Å². The highest BCUT2D eigenvalue weighted by atomic mass is 16.7. The first-order chi connectivity index (χ1) is 13.0. The lowest BCUT2D eigenvalue weighted by Crippen LogP contribution is -2.17. The second-order valence-electron chi connectivity index (χ2n) is 5.40. The van der Waals surface area contributed by atoms with Gasteiger partial charge in [-0.2, -0.15) is 0 Å². The van der Waals surface area contributed by atoms with Crippen molar-refractivity contribution in [2.24, 2.45) is 10.9 Å². The van der Waals surface area contributed by atoms with Crippen molar-refractivity contribution in [1.82, 2.24) is 0 Å². The Hall–Kier alpha value is -3.42. The molecule has 0 aliphatic carbocycles. The van der Waals surface area contributed by atoms with E-state index in [1.165, 1.54) is 21.3 Å². The SMILES string of the molecule is COc1ccc(C(=O)O/N=C(/N)Cc2cc(OC)c(OC)c(OC)c2)cc1. The Labute approximate surface area is 157 Å². The monoisotopic (exact) mass is 374 g/mol. The molecule has 2 aromatic rings. The summed E-state index contributed by atoms with van der Waals surface area (Å²) in [6.45, 7) is 0. The molecule has 8 nitrogen and oxygen atoms in total. The van der Waals surface area contributed by atoms with Crippen molar-refractivity contribution >= 4 is 11.8 Å². The van der Waals surface area contributed by atoms with Crippen molar-refractivity contribution in [1.29, 1.82) is 0 Å². The fourth-order valence-electron chi connectivity index (χ4n) is 2.36. The van der Waals surface area contributed by atoms with Crippen LogP contribution in [0.15, 0.2) is 41.6 Å². The van der Waals surface area contributed by atoms with Crippen LogP contribution < -0.4 is 24.7 Å². The highest BCUT2D eigenvalue weighted by Gasteiger charge is 2.14. The highest BCUT2D eigenvalue weighted by molar-refractivity contribution is 5.90. The number of oxime groups is 1. The van der Waals surface area contributed by atoms with E-state index in [4.69, 9.17) is 29.5 Å². The maximum atomic E-state index is 12.0. The summed E-state index contributed by atoms with van der Waals surface area (Å²) >= 11 is 0. The van der Waals surface area contributed by atoms with E-state index in [9.17, 15) is 4.79 Å². The quantitative estimate of drug-likeness (QED) is 0.328. The molecule has 2 N–H and O–H groups in total. The number of rotatable bonds is 8. The molecule has 0 amide bonds. The van der Waals surface area contributed by atoms with Crippen LogP contribution in [0.5, 0.6) is 23.0 Å². The first-order valence-corrected chi connectivity index (χ1v) is 7.99. The molecule has 0 aliphatic rings. The van der Waals surface area contributed by atoms with Crippen molar-refractivity contribution in [3.8, 4) is 23.0 Å². The van der Waals surface area contributed by atoms with E-state index in [0.717, 1.165) is 5.56 Å². The lowest BCUT2D eigenvalue weighted by atomic mass is 10.1. The number of carbonyl (C=O) groups excluding carboxylic acids is 1. The van der Waals surface area contributed by atoms with Crippen molar-refractivity contribution < 1.29 is 28.6 Å². The molecule has 8 heteroatoms. The van der Waals surface area contributed by atoms with Gasteiger partial charge >= 0.3 is 5.97 Å². The molecule has 0 aliphatic heterocycles. The first kappa shape index (κ1) is 19.9. The zero-order valence-corrected chi connectivity index (χ0v) is 15.6. The molecule has 0 fully saturated rings. The van der Waals surface area contributed by atoms with Gasteiger partial charge in [-0.3, -0.25) is 0 Å². The second kappa shape index (κ2) is 9.33. The molecule has 27 heavy (non-hydrogen) atoms. The van der Waals surface area contributed by atoms with Crippen LogP contribution in [0.2, 0.25) is 0 Å². The molecular formula is C19H22N2O6. The van der Waals surface area contributed by atoms with Gasteiger partial charge in [-0.05, 0) is 42.0 Å². The summed E-state index contributed by atoms with van der Waals surface area (Å²) in [6, 6.07) is 9.95. The predicted molar refractivity (Wildman–Crippen MR) is 99.8 cm³/mol. The lowest BCUT2D eigenvalue weighted by molar-refractivity contribution is 0.0515. The number of hydrogen-bond acceptors (Lipinski definition) is 7. The van der Waals surface area contributed by atoms with Crippen molar-refractivity contribution in [2.45, 2.75) is 6.42 Å². The molecule has 2 rings (SSSR count). The van der Waals surface area contributed by atoms with Crippen molar-refractivity contribution in [3.63, 3.8) is 0 Å². The minimum atomic E-state index is -0.620. The predicted octanol–water partition coefficient (Wildman–Crippen LogP) is 2.39. The van der Waals surface area contributed by atoms with Gasteiger partial charge in [0, 0.05) is 6.42 Å². The smallest absolute Gasteiger partial charge is 0.365 e. The summed E-state index contributed by atoms with van der Waals surface area (Å²) in [5, 5.41) is 3.69. The van der Waals surface area contributed by atoms with Gasteiger partial charge in [0.2, 0.25) is 5.75 Å². The van der Waals surface area contributed by atoms with Gasteiger partial charge in [0.1, 0.15) is 11.6 Å². The molecule has 144 valence electrons. The van der Waals surface area contributed by atoms with Crippen LogP contribution in [0.3, 0.4) is 0 Å². The third kappa shape index (κ3) is 5.04. The molecular weight excluding hydrogens is 352 g/mol. The van der Waals surface area contributed by atoms with Crippen LogP contribution in [0.1, 0.15) is 15.9 Å². The lowest BCUT2D eigenvalue weighted by Gasteiger charge is -2.13. The molecule has 0 unspecified atom stereocenters. The molecule has 0 saturated heterocycles. The molecule has 0 heterocycles. The fraction of sp³-hybridized carbons (Fsp3) is 0.263. The number of nitrogens with two attached hydrogens (primary N) is 1. The number of nitrogens with zero attached hydrogens (tertiary/aromatic N) is 1. The van der Waals surface area contributed by atoms with Crippen LogP contribution in [-0.4, -0.2) is 40.2 Å². The Kier molecular flexibility index (Phi) is 6.87. The summed E-state index contributed by atoms with van der Waals surface area (Å²) in [6.07, 6.45) is 0.229. The van der Waals surface area contributed by atoms with Gasteiger partial charge in [-0.1, -0.05) is 5.16 Å². The Balaban J connectivity index is 2.09. The van der Waals surface area contributed by atoms with E-state index in [1.807, 2.05) is 0 Å². The average Bonchev–Trinajstić information content (AvgIpc) is 2.71. The second-order valence-corrected chi connectivity index (χ2v) is 5.40. The summed E-state index contributed by atoms with van der Waals surface area (Å²) in [4.78, 5) is 16.9. The summed E-state index contributed by atoms with van der Waals surface area (Å²) in [5.74, 6) is 1.60. The minimum absolute atomic E-state index is 0.117. The molecule has 0 spiro atoms. The van der Waals surface area contributed by atoms with Crippen LogP contribution in [0.4, 0.5) is 0 Å². The van der Waals surface area contributed by atoms with E-state index >= 15 is 0 Å². The van der Waals surface area contributed by atoms with Crippen LogP contribution in [-0.2, 0) is 11.3 Å². The van der Waals surface area contributed by atoms with Gasteiger partial charge in [0.25, 0.3) is 0 Å². The summed E-state index contributed by atoms with van der Waals surface area (Å²) in [5.41, 5.74) is 6.96. The highest BCUT2D eigenvalue weighted by Crippen LogP contribution is 2.38. The number of carbonyl (C=O) groups is 1. The Bertz CT molecular complexity index is 792. The average molecular weight is 374 g/mol. The first-order valence-electron chi connectivity index (χ1n) is 7.99. The molecule has 0 radical (unpaired) electrons. The number of methoxy groups -OCH3 is 4. The third-order valence-electron chi connectivity index (χ3n) is 3.68. The van der Waals surface area contributed by atoms with E-state index in [1.54, 1.807) is 43.5 Å². The van der Waals surface area contributed by atoms with Crippen LogP contribution in [0, 0.1) is 0 Å². The maximum absolute atomic E-state index is 12.0. The van der Waals surface area contributed by atoms with E-state index in [-0.39, 0.29) is 12.3 Å². The summed E-state index contributed by atoms with van der Waals surface area (Å²) < 4.78 is 20.9. The number of hydrogen-bond donors (Lipinski definition) is 1. The Morgan fingerprint density at radius 1 is 0.926 bits per heavy atom. The van der Waals surface area contributed by atoms with Crippen LogP contribution >= 0.6 is 0 Å². The van der Waals surface area contributed by atoms with Gasteiger partial charge in [-0.25, -0.2) is 4.79 Å². The van der Waals surface area contributed by atoms with E-state index in [0.29, 0.717) is 28.6 Å². The number of benzene rings is 2. The van der Waals surface area contributed by atoms with Gasteiger partial charge in [0.05, 0.1) is 34.0 Å². The van der Waals surface area contributed by atoms with Crippen LogP contribution in [0.25, 0.3) is 0 Å². The minimum Gasteiger partial charge on any atom is -0.497 e. The zero-order chi connectivity index (χ0) is 19.8. The largest absolute Gasteiger partial charge is 0.497 e. The van der Waals surface area contributed by atoms with E-state index < -0.39 is 5.97 Å². The van der Waals surface area contributed by atoms with Gasteiger partial charge in [0.15, 0.2) is 11.5 Å². The normalized spacial score (nSPS) is 10.9. The maximum Gasteiger partial charge on any atom is 0.365 e. The third-order valence-corrected chi connectivity index (χ3v) is 3.68. The molecule has 2 aromatic carbocycles. The molecule has 0 atom stereocenters. The fourth-order valence-corrected chi connectivity index (χ4v) is 2.36. The molecule has 0 bridgehead atoms. The van der Waals surface area contributed by atoms with Crippen molar-refractivity contribution in [2.75, 3.05) is 28.4 Å².